The molecule has 6 nitrogen and oxygen atoms in total. The van der Waals surface area contributed by atoms with Crippen LogP contribution in [-0.2, 0) is 6.42 Å². The van der Waals surface area contributed by atoms with E-state index in [1.54, 1.807) is 6.20 Å². The van der Waals surface area contributed by atoms with Crippen LogP contribution in [0.25, 0.3) is 0 Å². The van der Waals surface area contributed by atoms with Crippen LogP contribution in [0.2, 0.25) is 0 Å². The van der Waals surface area contributed by atoms with Crippen molar-refractivity contribution in [3.8, 4) is 0 Å². The fourth-order valence-corrected chi connectivity index (χ4v) is 2.38. The summed E-state index contributed by atoms with van der Waals surface area (Å²) < 4.78 is 0. The second-order valence-corrected chi connectivity index (χ2v) is 6.22. The molecule has 2 rings (SSSR count). The number of hydrogen-bond acceptors (Lipinski definition) is 5. The third kappa shape index (κ3) is 7.30. The highest BCUT2D eigenvalue weighted by molar-refractivity contribution is 5.91. The number of hydrogen-bond donors (Lipinski definition) is 2. The van der Waals surface area contributed by atoms with Crippen molar-refractivity contribution in [2.45, 2.75) is 19.3 Å². The highest BCUT2D eigenvalue weighted by atomic mass is 16.1. The van der Waals surface area contributed by atoms with Gasteiger partial charge in [0.25, 0.3) is 5.91 Å². The Labute approximate surface area is 149 Å². The number of aryl methyl sites for hydroxylation is 1. The van der Waals surface area contributed by atoms with E-state index >= 15 is 0 Å². The summed E-state index contributed by atoms with van der Waals surface area (Å²) >= 11 is 0. The molecule has 2 aromatic rings. The molecule has 0 spiro atoms. The number of anilines is 1. The molecule has 0 aliphatic heterocycles. The van der Waals surface area contributed by atoms with E-state index in [9.17, 15) is 4.79 Å². The number of carbonyl (C=O) groups is 1. The first kappa shape index (κ1) is 18.9. The number of amides is 1. The summed E-state index contributed by atoms with van der Waals surface area (Å²) in [5.74, 6) is 0.513. The number of benzene rings is 1. The number of aromatic nitrogens is 2. The maximum Gasteiger partial charge on any atom is 0.271 e. The lowest BCUT2D eigenvalue weighted by atomic mass is 10.1. The highest BCUT2D eigenvalue weighted by Gasteiger charge is 2.07. The molecule has 0 unspecified atom stereocenters. The molecule has 0 radical (unpaired) electrons. The van der Waals surface area contributed by atoms with Gasteiger partial charge in [0, 0.05) is 13.1 Å². The van der Waals surface area contributed by atoms with Crippen LogP contribution in [0.15, 0.2) is 42.7 Å². The van der Waals surface area contributed by atoms with Gasteiger partial charge in [-0.05, 0) is 45.5 Å². The van der Waals surface area contributed by atoms with Gasteiger partial charge in [0.2, 0.25) is 0 Å². The van der Waals surface area contributed by atoms with Crippen molar-refractivity contribution >= 4 is 11.7 Å². The molecule has 0 saturated carbocycles. The van der Waals surface area contributed by atoms with E-state index in [1.807, 2.05) is 20.2 Å². The predicted octanol–water partition coefficient (Wildman–Crippen LogP) is 2.20. The maximum absolute atomic E-state index is 12.0. The molecule has 0 saturated heterocycles. The summed E-state index contributed by atoms with van der Waals surface area (Å²) in [6, 6.07) is 10.4. The predicted molar refractivity (Wildman–Crippen MR) is 101 cm³/mol. The molecule has 0 aliphatic carbocycles. The summed E-state index contributed by atoms with van der Waals surface area (Å²) in [5.41, 5.74) is 1.68. The molecule has 6 heteroatoms. The fraction of sp³-hybridized carbons (Fsp3) is 0.421. The SMILES string of the molecule is CN(C)CCCNC(=O)c1cnc(NCCCc2ccccc2)cn1. The Kier molecular flexibility index (Phi) is 7.85. The molecule has 134 valence electrons. The number of rotatable bonds is 10. The molecule has 0 aliphatic rings. The number of nitrogens with zero attached hydrogens (tertiary/aromatic N) is 3. The van der Waals surface area contributed by atoms with Crippen LogP contribution in [0, 0.1) is 0 Å². The van der Waals surface area contributed by atoms with E-state index in [0.717, 1.165) is 32.4 Å². The third-order valence-corrected chi connectivity index (χ3v) is 3.74. The van der Waals surface area contributed by atoms with Gasteiger partial charge >= 0.3 is 0 Å². The van der Waals surface area contributed by atoms with E-state index in [2.05, 4.69) is 49.8 Å². The second kappa shape index (κ2) is 10.4. The topological polar surface area (TPSA) is 70.2 Å². The molecule has 1 aromatic heterocycles. The summed E-state index contributed by atoms with van der Waals surface area (Å²) in [6.07, 6.45) is 6.07. The minimum Gasteiger partial charge on any atom is -0.369 e. The molecule has 1 amide bonds. The van der Waals surface area contributed by atoms with Gasteiger partial charge in [0.15, 0.2) is 0 Å². The first-order valence-corrected chi connectivity index (χ1v) is 8.68. The summed E-state index contributed by atoms with van der Waals surface area (Å²) in [7, 11) is 4.03. The first-order chi connectivity index (χ1) is 12.1. The van der Waals surface area contributed by atoms with Gasteiger partial charge in [0.05, 0.1) is 12.4 Å². The van der Waals surface area contributed by atoms with Crippen LogP contribution in [-0.4, -0.2) is 54.5 Å². The lowest BCUT2D eigenvalue weighted by molar-refractivity contribution is 0.0947. The van der Waals surface area contributed by atoms with E-state index in [4.69, 9.17) is 0 Å². The Balaban J connectivity index is 1.67. The normalized spacial score (nSPS) is 10.7. The molecule has 0 bridgehead atoms. The molecular weight excluding hydrogens is 314 g/mol. The van der Waals surface area contributed by atoms with Crippen LogP contribution in [0.4, 0.5) is 5.82 Å². The van der Waals surface area contributed by atoms with E-state index in [0.29, 0.717) is 18.1 Å². The molecule has 25 heavy (non-hydrogen) atoms. The molecule has 2 N–H and O–H groups in total. The van der Waals surface area contributed by atoms with Gasteiger partial charge in [-0.3, -0.25) is 4.79 Å². The highest BCUT2D eigenvalue weighted by Crippen LogP contribution is 2.05. The van der Waals surface area contributed by atoms with Crippen LogP contribution in [0.1, 0.15) is 28.9 Å². The zero-order chi connectivity index (χ0) is 17.9. The summed E-state index contributed by atoms with van der Waals surface area (Å²) in [5, 5.41) is 6.09. The lowest BCUT2D eigenvalue weighted by Crippen LogP contribution is -2.27. The van der Waals surface area contributed by atoms with Crippen molar-refractivity contribution in [3.63, 3.8) is 0 Å². The maximum atomic E-state index is 12.0. The van der Waals surface area contributed by atoms with Crippen LogP contribution < -0.4 is 10.6 Å². The number of nitrogens with one attached hydrogen (secondary N) is 2. The van der Waals surface area contributed by atoms with E-state index in [-0.39, 0.29) is 5.91 Å². The molecule has 1 aromatic carbocycles. The van der Waals surface area contributed by atoms with Gasteiger partial charge < -0.3 is 15.5 Å². The van der Waals surface area contributed by atoms with Gasteiger partial charge in [-0.15, -0.1) is 0 Å². The Hall–Kier alpha value is -2.47. The van der Waals surface area contributed by atoms with Crippen molar-refractivity contribution in [1.29, 1.82) is 0 Å². The minimum absolute atomic E-state index is 0.179. The molecule has 0 atom stereocenters. The third-order valence-electron chi connectivity index (χ3n) is 3.74. The van der Waals surface area contributed by atoms with Crippen molar-refractivity contribution in [1.82, 2.24) is 20.2 Å². The Morgan fingerprint density at radius 2 is 1.84 bits per heavy atom. The average molecular weight is 341 g/mol. The Morgan fingerprint density at radius 1 is 1.04 bits per heavy atom. The van der Waals surface area contributed by atoms with Gasteiger partial charge in [-0.2, -0.15) is 0 Å². The average Bonchev–Trinajstić information content (AvgIpc) is 2.63. The number of carbonyl (C=O) groups excluding carboxylic acids is 1. The minimum atomic E-state index is -0.179. The van der Waals surface area contributed by atoms with Crippen molar-refractivity contribution in [2.75, 3.05) is 39.0 Å². The van der Waals surface area contributed by atoms with E-state index < -0.39 is 0 Å². The largest absolute Gasteiger partial charge is 0.369 e. The Bertz CT molecular complexity index is 628. The van der Waals surface area contributed by atoms with Crippen molar-refractivity contribution in [2.24, 2.45) is 0 Å². The lowest BCUT2D eigenvalue weighted by Gasteiger charge is -2.10. The van der Waals surface area contributed by atoms with Crippen molar-refractivity contribution < 1.29 is 4.79 Å². The van der Waals surface area contributed by atoms with Crippen LogP contribution in [0.3, 0.4) is 0 Å². The summed E-state index contributed by atoms with van der Waals surface area (Å²) in [4.78, 5) is 22.5. The van der Waals surface area contributed by atoms with E-state index in [1.165, 1.54) is 11.8 Å². The molecule has 1 heterocycles. The zero-order valence-electron chi connectivity index (χ0n) is 15.0. The fourth-order valence-electron chi connectivity index (χ4n) is 2.38. The monoisotopic (exact) mass is 341 g/mol. The summed E-state index contributed by atoms with van der Waals surface area (Å²) in [6.45, 7) is 2.40. The first-order valence-electron chi connectivity index (χ1n) is 8.68. The molecular formula is C19H27N5O. The van der Waals surface area contributed by atoms with Gasteiger partial charge in [-0.1, -0.05) is 30.3 Å². The van der Waals surface area contributed by atoms with Crippen LogP contribution >= 0.6 is 0 Å². The quantitative estimate of drug-likeness (QED) is 0.648. The van der Waals surface area contributed by atoms with Crippen LogP contribution in [0.5, 0.6) is 0 Å². The molecule has 0 fully saturated rings. The second-order valence-electron chi connectivity index (χ2n) is 6.22. The van der Waals surface area contributed by atoms with Crippen molar-refractivity contribution in [3.05, 3.63) is 54.0 Å². The zero-order valence-corrected chi connectivity index (χ0v) is 15.0. The van der Waals surface area contributed by atoms with Gasteiger partial charge in [0.1, 0.15) is 11.5 Å². The Morgan fingerprint density at radius 3 is 2.52 bits per heavy atom. The van der Waals surface area contributed by atoms with Gasteiger partial charge in [-0.25, -0.2) is 9.97 Å². The standard InChI is InChI=1S/C19H27N5O/c1-24(2)13-7-12-21-19(25)17-14-23-18(15-22-17)20-11-6-10-16-8-4-3-5-9-16/h3-5,8-9,14-15H,6-7,10-13H2,1-2H3,(H,20,23)(H,21,25). The smallest absolute Gasteiger partial charge is 0.271 e.